The lowest BCUT2D eigenvalue weighted by Crippen LogP contribution is -2.51. The van der Waals surface area contributed by atoms with E-state index in [4.69, 9.17) is 25.7 Å². The molecule has 4 N–H and O–H groups in total. The number of nitrogen functional groups attached to an aromatic ring is 2. The monoisotopic (exact) mass is 1670 g/mol. The lowest BCUT2D eigenvalue weighted by atomic mass is 9.47. The molecule has 0 aliphatic heterocycles. The number of rotatable bonds is 24. The average Bonchev–Trinajstić information content (AvgIpc) is 3.69. The van der Waals surface area contributed by atoms with E-state index in [0.29, 0.717) is 63.6 Å². The van der Waals surface area contributed by atoms with Gasteiger partial charge in [0.2, 0.25) is 0 Å². The maximum Gasteiger partial charge on any atom is 0.309 e. The van der Waals surface area contributed by atoms with Gasteiger partial charge in [0.15, 0.2) is 0 Å². The van der Waals surface area contributed by atoms with E-state index >= 15 is 0 Å². The number of carbonyl (C=O) groups is 3. The molecule has 6 rings (SSSR count). The van der Waals surface area contributed by atoms with Gasteiger partial charge in [-0.3, -0.25) is 19.3 Å². The summed E-state index contributed by atoms with van der Waals surface area (Å²) in [6.45, 7) is 18.4. The second kappa shape index (κ2) is 28.1. The van der Waals surface area contributed by atoms with Gasteiger partial charge in [0, 0.05) is 47.4 Å². The van der Waals surface area contributed by atoms with Crippen molar-refractivity contribution in [1.82, 2.24) is 4.90 Å². The summed E-state index contributed by atoms with van der Waals surface area (Å²) in [6, 6.07) is 4.12. The molecule has 10 atom stereocenters. The van der Waals surface area contributed by atoms with Crippen LogP contribution in [0, 0.1) is 79.6 Å². The number of fused-ring (bicyclic) bond motifs is 5. The number of allylic oxidation sites excluding steroid dienone is 1. The minimum atomic E-state index is -0.309. The number of hydrogen-bond acceptors (Lipinski definition) is 9. The van der Waals surface area contributed by atoms with Crippen molar-refractivity contribution in [2.75, 3.05) is 44.3 Å². The van der Waals surface area contributed by atoms with Gasteiger partial charge in [0.25, 0.3) is 0 Å². The molecule has 0 amide bonds. The normalized spacial score (nSPS) is 26.0. The Labute approximate surface area is 514 Å². The zero-order valence-electron chi connectivity index (χ0n) is 43.8. The Balaban J connectivity index is 1.03. The van der Waals surface area contributed by atoms with E-state index in [-0.39, 0.29) is 54.5 Å². The van der Waals surface area contributed by atoms with Crippen LogP contribution in [0.5, 0.6) is 0 Å². The summed E-state index contributed by atoms with van der Waals surface area (Å²) in [5.74, 6) is 3.56. The number of anilines is 2. The fourth-order valence-corrected chi connectivity index (χ4v) is 21.1. The van der Waals surface area contributed by atoms with E-state index in [0.717, 1.165) is 98.7 Å². The molecule has 4 aliphatic rings. The van der Waals surface area contributed by atoms with Gasteiger partial charge in [0.05, 0.1) is 23.2 Å². The summed E-state index contributed by atoms with van der Waals surface area (Å²) in [7, 11) is 0. The number of carbonyl (C=O) groups excluding carboxylic acids is 3. The van der Waals surface area contributed by atoms with Gasteiger partial charge in [-0.25, -0.2) is 0 Å². The zero-order chi connectivity index (χ0) is 52.7. The Hall–Kier alpha value is 0.530. The second-order valence-corrected chi connectivity index (χ2v) is 29.4. The van der Waals surface area contributed by atoms with Crippen LogP contribution in [0.1, 0.15) is 156 Å². The largest absolute Gasteiger partial charge is 0.464 e. The molecule has 0 bridgehead atoms. The van der Waals surface area contributed by atoms with Crippen LogP contribution in [0.3, 0.4) is 0 Å². The van der Waals surface area contributed by atoms with Crippen molar-refractivity contribution in [3.8, 4) is 0 Å². The first kappa shape index (κ1) is 61.7. The molecule has 3 fully saturated rings. The molecule has 0 saturated heterocycles. The van der Waals surface area contributed by atoms with Gasteiger partial charge < -0.3 is 25.7 Å². The number of nitrogens with zero attached hydrogens (tertiary/aromatic N) is 1. The first-order valence-electron chi connectivity index (χ1n) is 26.9. The first-order valence-corrected chi connectivity index (χ1v) is 33.4. The van der Waals surface area contributed by atoms with Gasteiger partial charge in [-0.2, -0.15) is 0 Å². The third-order valence-electron chi connectivity index (χ3n) is 17.9. The standard InChI is InChI=1S/C57H81I6N3O6/c1-8-35(28-40-45(58)31-47(60)52(64)50(40)62)54(68)70-26-24-66(25-27-71-55(69)36(9-2)29-41-46(59)32-48(61)53(65)51(41)63)23-11-14-49(67)72-38-19-21-56(6)37(30-38)15-16-39-43-18-17-42(34(5)13-10-12-33(3)4)57(43,7)22-20-44(39)56/h15,31-36,38-39,42-44H,8-14,16-30,64-65H2,1-7H3/t34-,35?,36?,38+,39+,42-,43+,44+,56+,57-/m1/s1. The Morgan fingerprint density at radius 3 is 1.83 bits per heavy atom. The van der Waals surface area contributed by atoms with E-state index in [9.17, 15) is 14.4 Å². The number of benzene rings is 2. The Bertz CT molecular complexity index is 2170. The number of esters is 3. The van der Waals surface area contributed by atoms with E-state index in [1.165, 1.54) is 56.9 Å². The highest BCUT2D eigenvalue weighted by molar-refractivity contribution is 14.1. The van der Waals surface area contributed by atoms with E-state index in [2.05, 4.69) is 193 Å². The lowest BCUT2D eigenvalue weighted by molar-refractivity contribution is -0.151. The molecule has 0 heterocycles. The molecular formula is C57H81I6N3O6. The number of halogens is 6. The summed E-state index contributed by atoms with van der Waals surface area (Å²) >= 11 is 13.7. The molecule has 72 heavy (non-hydrogen) atoms. The van der Waals surface area contributed by atoms with Crippen molar-refractivity contribution in [3.05, 3.63) is 56.3 Å². The Morgan fingerprint density at radius 1 is 0.722 bits per heavy atom. The predicted molar refractivity (Wildman–Crippen MR) is 343 cm³/mol. The van der Waals surface area contributed by atoms with E-state index in [1.807, 2.05) is 13.8 Å². The van der Waals surface area contributed by atoms with Crippen LogP contribution in [0.15, 0.2) is 23.8 Å². The fraction of sp³-hybridized carbons (Fsp3) is 0.702. The average molecular weight is 1670 g/mol. The number of hydrogen-bond donors (Lipinski definition) is 2. The van der Waals surface area contributed by atoms with E-state index in [1.54, 1.807) is 0 Å². The summed E-state index contributed by atoms with van der Waals surface area (Å²) in [6.07, 6.45) is 19.4. The van der Waals surface area contributed by atoms with Crippen LogP contribution in [0.2, 0.25) is 0 Å². The first-order chi connectivity index (χ1) is 34.1. The molecule has 0 aromatic heterocycles. The van der Waals surface area contributed by atoms with Gasteiger partial charge in [0.1, 0.15) is 19.3 Å². The van der Waals surface area contributed by atoms with Crippen molar-refractivity contribution in [1.29, 1.82) is 0 Å². The molecule has 15 heteroatoms. The van der Waals surface area contributed by atoms with Crippen LogP contribution in [-0.4, -0.2) is 61.8 Å². The SMILES string of the molecule is CCC(Cc1c(I)cc(I)c(N)c1I)C(=O)OCCN(CCCC(=O)O[C@H]1CC[C@@]2(C)C(=CC[C@H]3[C@@H]4CC[C@H]([C@H](C)CCCC(C)C)[C@@]4(C)CC[C@@H]32)C1)CCOC(=O)C(CC)Cc1c(I)cc(I)c(N)c1I. The molecule has 402 valence electrons. The highest BCUT2D eigenvalue weighted by Gasteiger charge is 2.59. The molecule has 2 aromatic carbocycles. The molecule has 9 nitrogen and oxygen atoms in total. The molecule has 2 aromatic rings. The molecular weight excluding hydrogens is 1580 g/mol. The van der Waals surface area contributed by atoms with Crippen LogP contribution >= 0.6 is 136 Å². The topological polar surface area (TPSA) is 134 Å². The molecule has 3 saturated carbocycles. The highest BCUT2D eigenvalue weighted by atomic mass is 127. The van der Waals surface area contributed by atoms with Crippen molar-refractivity contribution in [2.45, 2.75) is 164 Å². The summed E-state index contributed by atoms with van der Waals surface area (Å²) in [5, 5.41) is 0. The highest BCUT2D eigenvalue weighted by Crippen LogP contribution is 2.67. The maximum absolute atomic E-state index is 13.6. The molecule has 0 radical (unpaired) electrons. The number of nitrogens with two attached hydrogens (primary N) is 2. The van der Waals surface area contributed by atoms with Crippen LogP contribution in [0.25, 0.3) is 0 Å². The third-order valence-corrected chi connectivity index (χ3v) is 24.0. The van der Waals surface area contributed by atoms with Crippen LogP contribution in [0.4, 0.5) is 11.4 Å². The summed E-state index contributed by atoms with van der Waals surface area (Å²) in [4.78, 5) is 42.9. The van der Waals surface area contributed by atoms with Crippen LogP contribution in [-0.2, 0) is 41.4 Å². The van der Waals surface area contributed by atoms with Gasteiger partial charge in [-0.1, -0.05) is 79.4 Å². The minimum Gasteiger partial charge on any atom is -0.464 e. The van der Waals surface area contributed by atoms with Gasteiger partial charge in [-0.05, 0) is 289 Å². The number of ether oxygens (including phenoxy) is 3. The van der Waals surface area contributed by atoms with Gasteiger partial charge in [-0.15, -0.1) is 0 Å². The van der Waals surface area contributed by atoms with Crippen molar-refractivity contribution in [2.24, 2.45) is 58.2 Å². The fourth-order valence-electron chi connectivity index (χ4n) is 13.5. The maximum atomic E-state index is 13.6. The predicted octanol–water partition coefficient (Wildman–Crippen LogP) is 15.4. The second-order valence-electron chi connectivity index (χ2n) is 22.6. The quantitative estimate of drug-likeness (QED) is 0.0346. The lowest BCUT2D eigenvalue weighted by Gasteiger charge is -2.58. The summed E-state index contributed by atoms with van der Waals surface area (Å²) in [5.41, 5.74) is 18.6. The Morgan fingerprint density at radius 2 is 1.29 bits per heavy atom. The minimum absolute atomic E-state index is 0.0808. The molecule has 4 aliphatic carbocycles. The molecule has 0 spiro atoms. The van der Waals surface area contributed by atoms with Crippen molar-refractivity contribution >= 4 is 165 Å². The smallest absolute Gasteiger partial charge is 0.309 e. The van der Waals surface area contributed by atoms with Crippen LogP contribution < -0.4 is 11.5 Å². The van der Waals surface area contributed by atoms with E-state index < -0.39 is 0 Å². The molecule has 2 unspecified atom stereocenters. The van der Waals surface area contributed by atoms with Crippen molar-refractivity contribution < 1.29 is 28.6 Å². The zero-order valence-corrected chi connectivity index (χ0v) is 56.7. The third kappa shape index (κ3) is 15.0. The summed E-state index contributed by atoms with van der Waals surface area (Å²) < 4.78 is 24.4. The Kier molecular flexibility index (Phi) is 24.1. The van der Waals surface area contributed by atoms with Gasteiger partial charge >= 0.3 is 17.9 Å². The van der Waals surface area contributed by atoms with Crippen molar-refractivity contribution in [3.63, 3.8) is 0 Å².